The van der Waals surface area contributed by atoms with Gasteiger partial charge in [0.05, 0.1) is 5.69 Å². The standard InChI is InChI=1S/C15H14Br2N2OS/c1-9-14(11-2-4-12(17)5-3-11)18-15(21-9)19-8-10(7-16)6-13(19)20/h2-5,10H,6-8H2,1H3. The minimum absolute atomic E-state index is 0.176. The first kappa shape index (κ1) is 15.2. The average Bonchev–Trinajstić information content (AvgIpc) is 3.03. The number of thiazole rings is 1. The van der Waals surface area contributed by atoms with Crippen LogP contribution in [0, 0.1) is 12.8 Å². The maximum Gasteiger partial charge on any atom is 0.229 e. The van der Waals surface area contributed by atoms with E-state index in [1.165, 1.54) is 0 Å². The van der Waals surface area contributed by atoms with Gasteiger partial charge in [-0.25, -0.2) is 4.98 Å². The lowest BCUT2D eigenvalue weighted by atomic mass is 10.1. The molecule has 1 atom stereocenters. The molecule has 0 bridgehead atoms. The molecule has 1 saturated heterocycles. The van der Waals surface area contributed by atoms with Crippen LogP contribution >= 0.6 is 43.2 Å². The van der Waals surface area contributed by atoms with Crippen LogP contribution in [0.3, 0.4) is 0 Å². The van der Waals surface area contributed by atoms with Crippen LogP contribution in [0.5, 0.6) is 0 Å². The fraction of sp³-hybridized carbons (Fsp3) is 0.333. The number of halogens is 2. The fourth-order valence-corrected chi connectivity index (χ4v) is 4.10. The Bertz CT molecular complexity index is 669. The SMILES string of the molecule is Cc1sc(N2CC(CBr)CC2=O)nc1-c1ccc(Br)cc1. The summed E-state index contributed by atoms with van der Waals surface area (Å²) >= 11 is 8.50. The monoisotopic (exact) mass is 428 g/mol. The molecule has 0 aliphatic carbocycles. The predicted molar refractivity (Wildman–Crippen MR) is 94.2 cm³/mol. The van der Waals surface area contributed by atoms with Gasteiger partial charge in [-0.05, 0) is 25.0 Å². The number of hydrogen-bond acceptors (Lipinski definition) is 3. The molecular weight excluding hydrogens is 416 g/mol. The van der Waals surface area contributed by atoms with Crippen LogP contribution < -0.4 is 4.90 Å². The normalized spacial score (nSPS) is 18.5. The van der Waals surface area contributed by atoms with Crippen LogP contribution in [-0.4, -0.2) is 22.8 Å². The van der Waals surface area contributed by atoms with Crippen LogP contribution in [-0.2, 0) is 4.79 Å². The number of aryl methyl sites for hydroxylation is 1. The van der Waals surface area contributed by atoms with Crippen molar-refractivity contribution in [3.05, 3.63) is 33.6 Å². The van der Waals surface area contributed by atoms with E-state index in [2.05, 4.69) is 38.8 Å². The van der Waals surface area contributed by atoms with Crippen LogP contribution in [0.25, 0.3) is 11.3 Å². The maximum atomic E-state index is 12.1. The van der Waals surface area contributed by atoms with Crippen molar-refractivity contribution in [2.45, 2.75) is 13.3 Å². The topological polar surface area (TPSA) is 33.2 Å². The summed E-state index contributed by atoms with van der Waals surface area (Å²) in [6, 6.07) is 8.11. The van der Waals surface area contributed by atoms with Gasteiger partial charge in [0.2, 0.25) is 5.91 Å². The predicted octanol–water partition coefficient (Wildman–Crippen LogP) is 4.63. The zero-order valence-corrected chi connectivity index (χ0v) is 15.5. The number of amides is 1. The van der Waals surface area contributed by atoms with Gasteiger partial charge in [-0.3, -0.25) is 9.69 Å². The van der Waals surface area contributed by atoms with Crippen molar-refractivity contribution >= 4 is 54.2 Å². The minimum Gasteiger partial charge on any atom is -0.288 e. The number of anilines is 1. The molecule has 2 heterocycles. The van der Waals surface area contributed by atoms with Gasteiger partial charge in [-0.15, -0.1) is 11.3 Å². The highest BCUT2D eigenvalue weighted by molar-refractivity contribution is 9.10. The van der Waals surface area contributed by atoms with E-state index >= 15 is 0 Å². The second kappa shape index (κ2) is 6.18. The molecule has 1 unspecified atom stereocenters. The maximum absolute atomic E-state index is 12.1. The van der Waals surface area contributed by atoms with Crippen LogP contribution in [0.15, 0.2) is 28.7 Å². The summed E-state index contributed by atoms with van der Waals surface area (Å²) in [6.45, 7) is 2.82. The molecule has 6 heteroatoms. The Morgan fingerprint density at radius 3 is 2.71 bits per heavy atom. The minimum atomic E-state index is 0.176. The quantitative estimate of drug-likeness (QED) is 0.666. The molecule has 1 aromatic carbocycles. The molecular formula is C15H14Br2N2OS. The number of carbonyl (C=O) groups excluding carboxylic acids is 1. The number of benzene rings is 1. The van der Waals surface area contributed by atoms with E-state index in [1.54, 1.807) is 11.3 Å². The van der Waals surface area contributed by atoms with Crippen molar-refractivity contribution in [3.8, 4) is 11.3 Å². The van der Waals surface area contributed by atoms with E-state index < -0.39 is 0 Å². The van der Waals surface area contributed by atoms with E-state index in [-0.39, 0.29) is 5.91 Å². The van der Waals surface area contributed by atoms with Gasteiger partial charge in [0.1, 0.15) is 0 Å². The lowest BCUT2D eigenvalue weighted by Crippen LogP contribution is -2.24. The largest absolute Gasteiger partial charge is 0.288 e. The van der Waals surface area contributed by atoms with E-state index in [0.717, 1.165) is 37.6 Å². The Hall–Kier alpha value is -0.720. The molecule has 3 rings (SSSR count). The Morgan fingerprint density at radius 1 is 1.38 bits per heavy atom. The average molecular weight is 430 g/mol. The van der Waals surface area contributed by atoms with E-state index in [1.807, 2.05) is 29.2 Å². The van der Waals surface area contributed by atoms with Gasteiger partial charge >= 0.3 is 0 Å². The van der Waals surface area contributed by atoms with Crippen LogP contribution in [0.2, 0.25) is 0 Å². The van der Waals surface area contributed by atoms with Crippen molar-refractivity contribution in [3.63, 3.8) is 0 Å². The summed E-state index contributed by atoms with van der Waals surface area (Å²) < 4.78 is 1.05. The Kier molecular flexibility index (Phi) is 4.47. The smallest absolute Gasteiger partial charge is 0.229 e. The van der Waals surface area contributed by atoms with E-state index in [0.29, 0.717) is 12.3 Å². The summed E-state index contributed by atoms with van der Waals surface area (Å²) in [4.78, 5) is 19.8. The second-order valence-electron chi connectivity index (χ2n) is 5.14. The molecule has 0 radical (unpaired) electrons. The zero-order chi connectivity index (χ0) is 15.0. The molecule has 0 saturated carbocycles. The molecule has 1 aliphatic heterocycles. The summed E-state index contributed by atoms with van der Waals surface area (Å²) in [7, 11) is 0. The summed E-state index contributed by atoms with van der Waals surface area (Å²) in [5.74, 6) is 0.563. The number of alkyl halides is 1. The van der Waals surface area contributed by atoms with Crippen molar-refractivity contribution in [2.75, 3.05) is 16.8 Å². The van der Waals surface area contributed by atoms with Crippen molar-refractivity contribution in [2.24, 2.45) is 5.92 Å². The zero-order valence-electron chi connectivity index (χ0n) is 11.5. The fourth-order valence-electron chi connectivity index (χ4n) is 2.44. The molecule has 0 spiro atoms. The number of rotatable bonds is 3. The van der Waals surface area contributed by atoms with E-state index in [9.17, 15) is 4.79 Å². The summed E-state index contributed by atoms with van der Waals surface area (Å²) in [5.41, 5.74) is 2.06. The highest BCUT2D eigenvalue weighted by Gasteiger charge is 2.32. The first-order valence-corrected chi connectivity index (χ1v) is 9.41. The highest BCUT2D eigenvalue weighted by Crippen LogP contribution is 2.35. The molecule has 3 nitrogen and oxygen atoms in total. The third-order valence-corrected chi connectivity index (χ3v) is 6.00. The van der Waals surface area contributed by atoms with Gasteiger partial charge < -0.3 is 0 Å². The third-order valence-electron chi connectivity index (χ3n) is 3.56. The van der Waals surface area contributed by atoms with Gasteiger partial charge in [-0.2, -0.15) is 0 Å². The molecule has 0 N–H and O–H groups in total. The first-order valence-electron chi connectivity index (χ1n) is 6.68. The van der Waals surface area contributed by atoms with Crippen molar-refractivity contribution in [1.29, 1.82) is 0 Å². The Labute approximate surface area is 144 Å². The van der Waals surface area contributed by atoms with E-state index in [4.69, 9.17) is 4.98 Å². The molecule has 1 aliphatic rings. The highest BCUT2D eigenvalue weighted by atomic mass is 79.9. The van der Waals surface area contributed by atoms with Gasteiger partial charge in [0.25, 0.3) is 0 Å². The molecule has 110 valence electrons. The van der Waals surface area contributed by atoms with Crippen molar-refractivity contribution in [1.82, 2.24) is 4.98 Å². The molecule has 21 heavy (non-hydrogen) atoms. The lowest BCUT2D eigenvalue weighted by Gasteiger charge is -2.11. The first-order chi connectivity index (χ1) is 10.1. The summed E-state index contributed by atoms with van der Waals surface area (Å²) in [5, 5.41) is 1.68. The number of carbonyl (C=O) groups is 1. The Morgan fingerprint density at radius 2 is 2.10 bits per heavy atom. The Balaban J connectivity index is 1.91. The van der Waals surface area contributed by atoms with Crippen LogP contribution in [0.4, 0.5) is 5.13 Å². The molecule has 2 aromatic rings. The van der Waals surface area contributed by atoms with Crippen molar-refractivity contribution < 1.29 is 4.79 Å². The van der Waals surface area contributed by atoms with Gasteiger partial charge in [0, 0.05) is 33.2 Å². The lowest BCUT2D eigenvalue weighted by molar-refractivity contribution is -0.117. The van der Waals surface area contributed by atoms with Gasteiger partial charge in [-0.1, -0.05) is 44.0 Å². The molecule has 1 amide bonds. The number of aromatic nitrogens is 1. The number of hydrogen-bond donors (Lipinski definition) is 0. The molecule has 1 fully saturated rings. The molecule has 1 aromatic heterocycles. The summed E-state index contributed by atoms with van der Waals surface area (Å²) in [6.07, 6.45) is 0.609. The van der Waals surface area contributed by atoms with Crippen LogP contribution in [0.1, 0.15) is 11.3 Å². The number of nitrogens with zero attached hydrogens (tertiary/aromatic N) is 2. The second-order valence-corrected chi connectivity index (χ2v) is 7.88. The van der Waals surface area contributed by atoms with Gasteiger partial charge in [0.15, 0.2) is 5.13 Å². The third kappa shape index (κ3) is 3.07.